The minimum absolute atomic E-state index is 0.270. The number of halogens is 1. The fourth-order valence-corrected chi connectivity index (χ4v) is 4.33. The number of piperidine rings is 1. The molecule has 32 heavy (non-hydrogen) atoms. The first kappa shape index (κ1) is 22.5. The highest BCUT2D eigenvalue weighted by Crippen LogP contribution is 2.29. The molecule has 2 heterocycles. The predicted molar refractivity (Wildman–Crippen MR) is 133 cm³/mol. The van der Waals surface area contributed by atoms with Gasteiger partial charge in [0.05, 0.1) is 22.7 Å². The number of aliphatic hydroxyl groups excluding tert-OH is 1. The van der Waals surface area contributed by atoms with Gasteiger partial charge in [0.2, 0.25) is 0 Å². The lowest BCUT2D eigenvalue weighted by Gasteiger charge is -2.31. The molecular weight excluding hydrogens is 521 g/mol. The van der Waals surface area contributed by atoms with Gasteiger partial charge in [-0.25, -0.2) is 9.78 Å². The van der Waals surface area contributed by atoms with Gasteiger partial charge in [0.15, 0.2) is 23.0 Å². The van der Waals surface area contributed by atoms with Crippen molar-refractivity contribution in [2.75, 3.05) is 23.3 Å². The topological polar surface area (TPSA) is 91.8 Å². The number of hydrogen-bond acceptors (Lipinski definition) is 6. The van der Waals surface area contributed by atoms with Gasteiger partial charge in [0, 0.05) is 24.2 Å². The first-order valence-corrected chi connectivity index (χ1v) is 11.3. The SMILES string of the molecule is Cc1ccc(C(=O)OI)c(C)c1NC(=O)c1cc(N2CCC(O)CC2)nc2ccccc12. The maximum Gasteiger partial charge on any atom is 0.347 e. The molecule has 7 nitrogen and oxygen atoms in total. The van der Waals surface area contributed by atoms with E-state index in [1.807, 2.05) is 37.3 Å². The van der Waals surface area contributed by atoms with Crippen molar-refractivity contribution in [1.82, 2.24) is 4.98 Å². The van der Waals surface area contributed by atoms with Crippen LogP contribution in [0.1, 0.15) is 44.7 Å². The van der Waals surface area contributed by atoms with Crippen LogP contribution in [-0.2, 0) is 3.07 Å². The lowest BCUT2D eigenvalue weighted by Crippen LogP contribution is -2.36. The number of nitrogens with one attached hydrogen (secondary N) is 1. The van der Waals surface area contributed by atoms with Gasteiger partial charge < -0.3 is 18.4 Å². The molecule has 1 amide bonds. The van der Waals surface area contributed by atoms with E-state index in [4.69, 9.17) is 8.05 Å². The summed E-state index contributed by atoms with van der Waals surface area (Å²) < 4.78 is 4.84. The van der Waals surface area contributed by atoms with Gasteiger partial charge >= 0.3 is 5.97 Å². The smallest absolute Gasteiger partial charge is 0.347 e. The third-order valence-electron chi connectivity index (χ3n) is 5.94. The fourth-order valence-electron chi connectivity index (χ4n) is 4.09. The van der Waals surface area contributed by atoms with Crippen molar-refractivity contribution < 1.29 is 17.8 Å². The average Bonchev–Trinajstić information content (AvgIpc) is 2.81. The molecule has 0 saturated carbocycles. The van der Waals surface area contributed by atoms with Gasteiger partial charge in [-0.2, -0.15) is 0 Å². The molecule has 2 N–H and O–H groups in total. The molecule has 0 bridgehead atoms. The summed E-state index contributed by atoms with van der Waals surface area (Å²) in [6.07, 6.45) is 1.06. The number of carbonyl (C=O) groups is 2. The van der Waals surface area contributed by atoms with Crippen LogP contribution in [0.4, 0.5) is 11.5 Å². The number of nitrogens with zero attached hydrogens (tertiary/aromatic N) is 2. The molecule has 0 unspecified atom stereocenters. The molecule has 1 aliphatic rings. The van der Waals surface area contributed by atoms with Crippen LogP contribution in [-0.4, -0.2) is 41.2 Å². The van der Waals surface area contributed by atoms with Crippen LogP contribution in [0.25, 0.3) is 10.9 Å². The number of amides is 1. The summed E-state index contributed by atoms with van der Waals surface area (Å²) in [7, 11) is 0. The summed E-state index contributed by atoms with van der Waals surface area (Å²) in [5, 5.41) is 13.6. The maximum absolute atomic E-state index is 13.5. The van der Waals surface area contributed by atoms with Crippen molar-refractivity contribution in [1.29, 1.82) is 0 Å². The Balaban J connectivity index is 1.73. The Kier molecular flexibility index (Phi) is 6.61. The van der Waals surface area contributed by atoms with Crippen LogP contribution in [0.5, 0.6) is 0 Å². The van der Waals surface area contributed by atoms with Crippen molar-refractivity contribution in [3.05, 3.63) is 64.7 Å². The quantitative estimate of drug-likeness (QED) is 0.467. The molecule has 1 saturated heterocycles. The van der Waals surface area contributed by atoms with Crippen molar-refractivity contribution in [2.45, 2.75) is 32.8 Å². The summed E-state index contributed by atoms with van der Waals surface area (Å²) in [4.78, 5) is 32.4. The number of para-hydroxylation sites is 1. The summed E-state index contributed by atoms with van der Waals surface area (Å²) in [5.41, 5.74) is 3.76. The highest BCUT2D eigenvalue weighted by molar-refractivity contribution is 14.1. The fraction of sp³-hybridized carbons (Fsp3) is 0.292. The zero-order chi connectivity index (χ0) is 22.8. The molecule has 1 fully saturated rings. The predicted octanol–water partition coefficient (Wildman–Crippen LogP) is 4.57. The summed E-state index contributed by atoms with van der Waals surface area (Å²) in [6, 6.07) is 12.8. The van der Waals surface area contributed by atoms with Crippen LogP contribution in [0.15, 0.2) is 42.5 Å². The van der Waals surface area contributed by atoms with Gasteiger partial charge in [-0.3, -0.25) is 4.79 Å². The van der Waals surface area contributed by atoms with Crippen LogP contribution in [0.2, 0.25) is 0 Å². The molecule has 0 aliphatic carbocycles. The van der Waals surface area contributed by atoms with Gasteiger partial charge in [-0.05, 0) is 56.0 Å². The molecule has 1 aliphatic heterocycles. The monoisotopic (exact) mass is 545 g/mol. The number of pyridine rings is 1. The van der Waals surface area contributed by atoms with Crippen molar-refractivity contribution in [3.63, 3.8) is 0 Å². The van der Waals surface area contributed by atoms with Crippen molar-refractivity contribution >= 4 is 57.3 Å². The average molecular weight is 545 g/mol. The van der Waals surface area contributed by atoms with E-state index in [1.54, 1.807) is 42.1 Å². The number of anilines is 2. The Morgan fingerprint density at radius 2 is 1.84 bits per heavy atom. The Morgan fingerprint density at radius 3 is 2.56 bits per heavy atom. The lowest BCUT2D eigenvalue weighted by molar-refractivity contribution is 0.0799. The number of rotatable bonds is 4. The van der Waals surface area contributed by atoms with Crippen LogP contribution >= 0.6 is 23.0 Å². The second kappa shape index (κ2) is 9.41. The van der Waals surface area contributed by atoms with Gasteiger partial charge in [-0.15, -0.1) is 0 Å². The molecule has 3 aromatic rings. The standard InChI is InChI=1S/C24H24IN3O4/c1-14-7-8-17(24(31)32-25)15(2)22(14)27-23(30)19-13-21(28-11-9-16(29)10-12-28)26-20-6-4-3-5-18(19)20/h3-8,13,16,29H,9-12H2,1-2H3,(H,27,30). The van der Waals surface area contributed by atoms with Crippen LogP contribution < -0.4 is 10.2 Å². The highest BCUT2D eigenvalue weighted by Gasteiger charge is 2.22. The Morgan fingerprint density at radius 1 is 1.12 bits per heavy atom. The molecule has 166 valence electrons. The van der Waals surface area contributed by atoms with E-state index in [1.165, 1.54) is 0 Å². The second-order valence-electron chi connectivity index (χ2n) is 8.01. The third kappa shape index (κ3) is 4.42. The number of benzene rings is 2. The maximum atomic E-state index is 13.5. The third-order valence-corrected chi connectivity index (χ3v) is 6.34. The molecule has 1 aromatic heterocycles. The molecular formula is C24H24IN3O4. The largest absolute Gasteiger partial charge is 0.393 e. The molecule has 8 heteroatoms. The number of carbonyl (C=O) groups excluding carboxylic acids is 2. The Labute approximate surface area is 200 Å². The van der Waals surface area contributed by atoms with E-state index in [-0.39, 0.29) is 12.0 Å². The Bertz CT molecular complexity index is 1190. The van der Waals surface area contributed by atoms with E-state index in [2.05, 4.69) is 10.2 Å². The van der Waals surface area contributed by atoms with Crippen LogP contribution in [0.3, 0.4) is 0 Å². The van der Waals surface area contributed by atoms with Crippen molar-refractivity contribution in [2.24, 2.45) is 0 Å². The number of aryl methyl sites for hydroxylation is 1. The number of aliphatic hydroxyl groups is 1. The summed E-state index contributed by atoms with van der Waals surface area (Å²) in [6.45, 7) is 5.05. The zero-order valence-electron chi connectivity index (χ0n) is 17.9. The first-order chi connectivity index (χ1) is 15.4. The second-order valence-corrected chi connectivity index (χ2v) is 8.45. The van der Waals surface area contributed by atoms with Gasteiger partial charge in [0.1, 0.15) is 5.82 Å². The minimum Gasteiger partial charge on any atom is -0.393 e. The van der Waals surface area contributed by atoms with E-state index in [9.17, 15) is 14.7 Å². The zero-order valence-corrected chi connectivity index (χ0v) is 20.0. The van der Waals surface area contributed by atoms with Gasteiger partial charge in [0.25, 0.3) is 5.91 Å². The normalized spacial score (nSPS) is 14.4. The van der Waals surface area contributed by atoms with E-state index < -0.39 is 5.97 Å². The molecule has 0 spiro atoms. The summed E-state index contributed by atoms with van der Waals surface area (Å²) >= 11 is 1.56. The van der Waals surface area contributed by atoms with Gasteiger partial charge in [-0.1, -0.05) is 24.3 Å². The van der Waals surface area contributed by atoms with Crippen LogP contribution in [0, 0.1) is 13.8 Å². The minimum atomic E-state index is -0.456. The molecule has 2 aromatic carbocycles. The van der Waals surface area contributed by atoms with E-state index >= 15 is 0 Å². The highest BCUT2D eigenvalue weighted by atomic mass is 127. The first-order valence-electron chi connectivity index (χ1n) is 10.5. The number of fused-ring (bicyclic) bond motifs is 1. The van der Waals surface area contributed by atoms with Crippen molar-refractivity contribution in [3.8, 4) is 0 Å². The lowest BCUT2D eigenvalue weighted by atomic mass is 10.0. The number of aromatic nitrogens is 1. The molecule has 0 radical (unpaired) electrons. The molecule has 0 atom stereocenters. The van der Waals surface area contributed by atoms with E-state index in [0.717, 1.165) is 22.3 Å². The summed E-state index contributed by atoms with van der Waals surface area (Å²) in [5.74, 6) is -0.00736. The number of hydrogen-bond donors (Lipinski definition) is 2. The molecule has 4 rings (SSSR count). The Hall–Kier alpha value is -2.72. The van der Waals surface area contributed by atoms with E-state index in [0.29, 0.717) is 48.3 Å².